The van der Waals surface area contributed by atoms with Crippen molar-refractivity contribution < 1.29 is 8.42 Å². The number of anilines is 1. The van der Waals surface area contributed by atoms with Gasteiger partial charge in [0.1, 0.15) is 0 Å². The number of nitrogens with one attached hydrogen (secondary N) is 1. The second-order valence-corrected chi connectivity index (χ2v) is 7.97. The van der Waals surface area contributed by atoms with Gasteiger partial charge in [0.15, 0.2) is 14.9 Å². The predicted octanol–water partition coefficient (Wildman–Crippen LogP) is 3.94. The summed E-state index contributed by atoms with van der Waals surface area (Å²) in [4.78, 5) is 0. The molecule has 0 fully saturated rings. The zero-order valence-corrected chi connectivity index (χ0v) is 14.4. The van der Waals surface area contributed by atoms with Gasteiger partial charge in [-0.15, -0.1) is 0 Å². The van der Waals surface area contributed by atoms with Gasteiger partial charge in [-0.2, -0.15) is 5.10 Å². The quantitative estimate of drug-likeness (QED) is 0.492. The van der Waals surface area contributed by atoms with Crippen LogP contribution in [0.3, 0.4) is 0 Å². The van der Waals surface area contributed by atoms with Crippen molar-refractivity contribution in [3.05, 3.63) is 29.8 Å². The third-order valence-corrected chi connectivity index (χ3v) is 4.82. The second-order valence-electron chi connectivity index (χ2n) is 5.95. The minimum absolute atomic E-state index is 0.151. The van der Waals surface area contributed by atoms with Crippen LogP contribution in [-0.4, -0.2) is 19.7 Å². The summed E-state index contributed by atoms with van der Waals surface area (Å²) in [6, 6.07) is 8.01. The van der Waals surface area contributed by atoms with Gasteiger partial charge in [0.2, 0.25) is 0 Å². The van der Waals surface area contributed by atoms with Gasteiger partial charge < -0.3 is 0 Å². The molecule has 118 valence electrons. The van der Waals surface area contributed by atoms with Crippen LogP contribution in [0, 0.1) is 0 Å². The van der Waals surface area contributed by atoms with E-state index in [2.05, 4.69) is 43.4 Å². The van der Waals surface area contributed by atoms with E-state index in [4.69, 9.17) is 0 Å². The van der Waals surface area contributed by atoms with Crippen LogP contribution in [0.15, 0.2) is 29.4 Å². The highest BCUT2D eigenvalue weighted by molar-refractivity contribution is 8.05. The zero-order chi connectivity index (χ0) is 16.1. The monoisotopic (exact) mass is 310 g/mol. The Morgan fingerprint density at radius 3 is 2.19 bits per heavy atom. The summed E-state index contributed by atoms with van der Waals surface area (Å²) < 4.78 is 22.9. The number of hydrogen-bond donors (Lipinski definition) is 1. The highest BCUT2D eigenvalue weighted by atomic mass is 32.2. The number of rotatable bonds is 6. The summed E-state index contributed by atoms with van der Waals surface area (Å²) in [6.07, 6.45) is 3.83. The van der Waals surface area contributed by atoms with Crippen LogP contribution >= 0.6 is 0 Å². The minimum Gasteiger partial charge on any atom is -0.278 e. The average Bonchev–Trinajstić information content (AvgIpc) is 2.38. The Labute approximate surface area is 128 Å². The van der Waals surface area contributed by atoms with Crippen LogP contribution in [-0.2, 0) is 15.3 Å². The molecule has 0 bridgehead atoms. The van der Waals surface area contributed by atoms with E-state index in [0.717, 1.165) is 18.5 Å². The number of sulfone groups is 1. The van der Waals surface area contributed by atoms with Crippen molar-refractivity contribution in [2.24, 2.45) is 5.10 Å². The van der Waals surface area contributed by atoms with Crippen LogP contribution in [0.5, 0.6) is 0 Å². The second kappa shape index (κ2) is 7.07. The normalized spacial score (nSPS) is 13.3. The summed E-state index contributed by atoms with van der Waals surface area (Å²) in [5, 5.41) is 4.16. The fourth-order valence-corrected chi connectivity index (χ4v) is 3.05. The Balaban J connectivity index is 2.87. The lowest BCUT2D eigenvalue weighted by Crippen LogP contribution is -2.16. The van der Waals surface area contributed by atoms with E-state index in [1.165, 1.54) is 11.8 Å². The summed E-state index contributed by atoms with van der Waals surface area (Å²) >= 11 is 0. The standard InChI is InChI=1S/C16H26N2O2S/c1-6-12-16(3,4)13-8-10-14(11-9-13)17-18-15(7-2)21(5,19)20/h8-11,17H,6-7,12H2,1-5H3/b18-15+. The fourth-order valence-electron chi connectivity index (χ4n) is 2.32. The zero-order valence-electron chi connectivity index (χ0n) is 13.6. The van der Waals surface area contributed by atoms with Crippen LogP contribution < -0.4 is 5.43 Å². The number of hydrogen-bond acceptors (Lipinski definition) is 4. The first-order chi connectivity index (χ1) is 9.70. The molecule has 0 heterocycles. The van der Waals surface area contributed by atoms with Crippen LogP contribution in [0.1, 0.15) is 52.5 Å². The van der Waals surface area contributed by atoms with E-state index in [9.17, 15) is 8.42 Å². The van der Waals surface area contributed by atoms with Gasteiger partial charge in [0.25, 0.3) is 0 Å². The topological polar surface area (TPSA) is 58.5 Å². The Hall–Kier alpha value is -1.36. The molecule has 0 aromatic heterocycles. The molecule has 0 radical (unpaired) electrons. The molecule has 21 heavy (non-hydrogen) atoms. The average molecular weight is 310 g/mol. The Kier molecular flexibility index (Phi) is 5.96. The summed E-state index contributed by atoms with van der Waals surface area (Å²) in [5.41, 5.74) is 5.04. The smallest absolute Gasteiger partial charge is 0.190 e. The van der Waals surface area contributed by atoms with Crippen molar-refractivity contribution in [1.82, 2.24) is 0 Å². The van der Waals surface area contributed by atoms with Gasteiger partial charge in [-0.05, 0) is 36.0 Å². The fraction of sp³-hybridized carbons (Fsp3) is 0.562. The van der Waals surface area contributed by atoms with E-state index < -0.39 is 9.84 Å². The van der Waals surface area contributed by atoms with Gasteiger partial charge in [0, 0.05) is 6.26 Å². The van der Waals surface area contributed by atoms with E-state index >= 15 is 0 Å². The molecule has 0 spiro atoms. The number of benzene rings is 1. The summed E-state index contributed by atoms with van der Waals surface area (Å²) in [6.45, 7) is 8.42. The first-order valence-corrected chi connectivity index (χ1v) is 9.23. The Morgan fingerprint density at radius 1 is 1.19 bits per heavy atom. The molecule has 4 nitrogen and oxygen atoms in total. The van der Waals surface area contributed by atoms with Gasteiger partial charge in [0.05, 0.1) is 5.69 Å². The van der Waals surface area contributed by atoms with E-state index in [-0.39, 0.29) is 10.5 Å². The molecular formula is C16H26N2O2S. The van der Waals surface area contributed by atoms with E-state index in [1.807, 2.05) is 12.1 Å². The summed E-state index contributed by atoms with van der Waals surface area (Å²) in [5.74, 6) is 0. The molecule has 1 aromatic carbocycles. The van der Waals surface area contributed by atoms with Gasteiger partial charge in [-0.25, -0.2) is 8.42 Å². The molecule has 0 aliphatic rings. The van der Waals surface area contributed by atoms with E-state index in [0.29, 0.717) is 6.42 Å². The highest BCUT2D eigenvalue weighted by Crippen LogP contribution is 2.29. The largest absolute Gasteiger partial charge is 0.278 e. The van der Waals surface area contributed by atoms with Crippen molar-refractivity contribution in [2.45, 2.75) is 52.4 Å². The molecule has 0 aliphatic heterocycles. The molecule has 1 rings (SSSR count). The van der Waals surface area contributed by atoms with Gasteiger partial charge in [-0.1, -0.05) is 46.2 Å². The van der Waals surface area contributed by atoms with E-state index in [1.54, 1.807) is 6.92 Å². The maximum atomic E-state index is 11.5. The first kappa shape index (κ1) is 17.7. The first-order valence-electron chi connectivity index (χ1n) is 7.34. The molecule has 0 atom stereocenters. The van der Waals surface area contributed by atoms with Crippen LogP contribution in [0.2, 0.25) is 0 Å². The van der Waals surface area contributed by atoms with Crippen molar-refractivity contribution >= 4 is 20.6 Å². The minimum atomic E-state index is -3.24. The summed E-state index contributed by atoms with van der Waals surface area (Å²) in [7, 11) is -3.24. The van der Waals surface area contributed by atoms with Gasteiger partial charge in [-0.3, -0.25) is 5.43 Å². The maximum absolute atomic E-state index is 11.5. The lowest BCUT2D eigenvalue weighted by atomic mass is 9.81. The molecule has 0 aliphatic carbocycles. The van der Waals surface area contributed by atoms with Crippen molar-refractivity contribution in [1.29, 1.82) is 0 Å². The van der Waals surface area contributed by atoms with Crippen LogP contribution in [0.25, 0.3) is 0 Å². The lowest BCUT2D eigenvalue weighted by molar-refractivity contribution is 0.473. The Bertz CT molecular complexity index is 587. The Morgan fingerprint density at radius 2 is 1.76 bits per heavy atom. The molecular weight excluding hydrogens is 284 g/mol. The molecule has 1 aromatic rings. The third-order valence-electron chi connectivity index (χ3n) is 3.58. The maximum Gasteiger partial charge on any atom is 0.190 e. The molecule has 0 amide bonds. The van der Waals surface area contributed by atoms with Crippen molar-refractivity contribution in [3.8, 4) is 0 Å². The van der Waals surface area contributed by atoms with Crippen molar-refractivity contribution in [2.75, 3.05) is 11.7 Å². The molecule has 5 heteroatoms. The van der Waals surface area contributed by atoms with Gasteiger partial charge >= 0.3 is 0 Å². The molecule has 0 saturated carbocycles. The van der Waals surface area contributed by atoms with Crippen molar-refractivity contribution in [3.63, 3.8) is 0 Å². The van der Waals surface area contributed by atoms with Crippen LogP contribution in [0.4, 0.5) is 5.69 Å². The highest BCUT2D eigenvalue weighted by Gasteiger charge is 2.18. The molecule has 1 N–H and O–H groups in total. The lowest BCUT2D eigenvalue weighted by Gasteiger charge is -2.24. The SMILES string of the molecule is CCCC(C)(C)c1ccc(N/N=C(\CC)S(C)(=O)=O)cc1. The predicted molar refractivity (Wildman–Crippen MR) is 90.6 cm³/mol. The molecule has 0 saturated heterocycles. The number of hydrazone groups is 1. The number of nitrogens with zero attached hydrogens (tertiary/aromatic N) is 1. The molecule has 0 unspecified atom stereocenters. The third kappa shape index (κ3) is 5.16.